The Balaban J connectivity index is 1.79. The Morgan fingerprint density at radius 3 is 2.25 bits per heavy atom. The molecule has 2 aromatic carbocycles. The van der Waals surface area contributed by atoms with Crippen LogP contribution in [0.15, 0.2) is 57.8 Å². The molecule has 2 amide bonds. The molecule has 0 radical (unpaired) electrons. The summed E-state index contributed by atoms with van der Waals surface area (Å²) >= 11 is 0. The number of furan rings is 1. The molecule has 0 aliphatic heterocycles. The molecule has 6 nitrogen and oxygen atoms in total. The van der Waals surface area contributed by atoms with Crippen LogP contribution in [0.25, 0.3) is 11.0 Å². The molecule has 1 atom stereocenters. The minimum atomic E-state index is -3.27. The fraction of sp³-hybridized carbons (Fsp3) is 0.286. The number of urea groups is 1. The minimum absolute atomic E-state index is 0.109. The Morgan fingerprint density at radius 1 is 1.04 bits per heavy atom. The van der Waals surface area contributed by atoms with Crippen LogP contribution < -0.4 is 10.6 Å². The number of hydrogen-bond acceptors (Lipinski definition) is 4. The van der Waals surface area contributed by atoms with Gasteiger partial charge in [-0.2, -0.15) is 0 Å². The van der Waals surface area contributed by atoms with Gasteiger partial charge in [0, 0.05) is 22.9 Å². The predicted octanol–water partition coefficient (Wildman–Crippen LogP) is 4.66. The van der Waals surface area contributed by atoms with Gasteiger partial charge in [-0.1, -0.05) is 32.0 Å². The highest BCUT2D eigenvalue weighted by molar-refractivity contribution is 7.90. The van der Waals surface area contributed by atoms with Crippen molar-refractivity contribution in [3.63, 3.8) is 0 Å². The molecule has 1 heterocycles. The summed E-state index contributed by atoms with van der Waals surface area (Å²) < 4.78 is 29.1. The lowest BCUT2D eigenvalue weighted by Gasteiger charge is -2.21. The molecule has 0 spiro atoms. The largest absolute Gasteiger partial charge is 0.459 e. The fourth-order valence-corrected chi connectivity index (χ4v) is 3.75. The second-order valence-electron chi connectivity index (χ2n) is 7.20. The standard InChI is InChI=1S/C21H24N2O4S/c1-13(2)19(20-14(3)17-7-5-6-8-18(17)27-20)23-21(24)22-15-9-11-16(12-10-15)28(4,25)26/h5-13,19H,1-4H3,(H2,22,23,24). The van der Waals surface area contributed by atoms with Crippen LogP contribution in [0.5, 0.6) is 0 Å². The summed E-state index contributed by atoms with van der Waals surface area (Å²) in [5, 5.41) is 6.74. The predicted molar refractivity (Wildman–Crippen MR) is 110 cm³/mol. The normalized spacial score (nSPS) is 12.9. The van der Waals surface area contributed by atoms with Gasteiger partial charge in [-0.05, 0) is 43.2 Å². The van der Waals surface area contributed by atoms with Crippen molar-refractivity contribution in [3.8, 4) is 0 Å². The van der Waals surface area contributed by atoms with E-state index >= 15 is 0 Å². The van der Waals surface area contributed by atoms with Crippen molar-refractivity contribution in [1.82, 2.24) is 5.32 Å². The number of anilines is 1. The lowest BCUT2D eigenvalue weighted by molar-refractivity contribution is 0.241. The van der Waals surface area contributed by atoms with Gasteiger partial charge in [0.25, 0.3) is 0 Å². The maximum atomic E-state index is 12.5. The first-order valence-corrected chi connectivity index (χ1v) is 10.9. The summed E-state index contributed by atoms with van der Waals surface area (Å²) in [5.74, 6) is 0.844. The number of carbonyl (C=O) groups is 1. The molecule has 1 aromatic heterocycles. The van der Waals surface area contributed by atoms with E-state index in [-0.39, 0.29) is 22.9 Å². The molecule has 1 unspecified atom stereocenters. The van der Waals surface area contributed by atoms with E-state index in [1.54, 1.807) is 12.1 Å². The topological polar surface area (TPSA) is 88.4 Å². The zero-order valence-electron chi connectivity index (χ0n) is 16.3. The van der Waals surface area contributed by atoms with Crippen molar-refractivity contribution >= 4 is 32.5 Å². The summed E-state index contributed by atoms with van der Waals surface area (Å²) in [6.07, 6.45) is 1.14. The van der Waals surface area contributed by atoms with Crippen LogP contribution in [-0.4, -0.2) is 20.7 Å². The van der Waals surface area contributed by atoms with Gasteiger partial charge in [0.15, 0.2) is 9.84 Å². The van der Waals surface area contributed by atoms with E-state index in [0.717, 1.165) is 28.5 Å². The van der Waals surface area contributed by atoms with Gasteiger partial charge in [0.1, 0.15) is 11.3 Å². The third-order valence-electron chi connectivity index (χ3n) is 4.66. The lowest BCUT2D eigenvalue weighted by atomic mass is 9.98. The van der Waals surface area contributed by atoms with Gasteiger partial charge >= 0.3 is 6.03 Å². The number of carbonyl (C=O) groups excluding carboxylic acids is 1. The van der Waals surface area contributed by atoms with Crippen LogP contribution in [0.2, 0.25) is 0 Å². The number of aryl methyl sites for hydroxylation is 1. The molecule has 0 fully saturated rings. The van der Waals surface area contributed by atoms with Gasteiger partial charge in [-0.3, -0.25) is 0 Å². The zero-order chi connectivity index (χ0) is 20.5. The van der Waals surface area contributed by atoms with E-state index in [1.165, 1.54) is 12.1 Å². The van der Waals surface area contributed by atoms with Crippen LogP contribution in [-0.2, 0) is 9.84 Å². The maximum Gasteiger partial charge on any atom is 0.319 e. The lowest BCUT2D eigenvalue weighted by Crippen LogP contribution is -2.35. The maximum absolute atomic E-state index is 12.5. The number of sulfone groups is 1. The Bertz CT molecular complexity index is 1100. The van der Waals surface area contributed by atoms with E-state index in [4.69, 9.17) is 4.42 Å². The van der Waals surface area contributed by atoms with Crippen molar-refractivity contribution in [3.05, 3.63) is 59.9 Å². The fourth-order valence-electron chi connectivity index (χ4n) is 3.12. The summed E-state index contributed by atoms with van der Waals surface area (Å²) in [7, 11) is -3.27. The Labute approximate surface area is 164 Å². The van der Waals surface area contributed by atoms with Crippen molar-refractivity contribution in [1.29, 1.82) is 0 Å². The zero-order valence-corrected chi connectivity index (χ0v) is 17.1. The van der Waals surface area contributed by atoms with Gasteiger partial charge < -0.3 is 15.1 Å². The molecule has 28 heavy (non-hydrogen) atoms. The third kappa shape index (κ3) is 4.20. The van der Waals surface area contributed by atoms with Crippen molar-refractivity contribution < 1.29 is 17.6 Å². The summed E-state index contributed by atoms with van der Waals surface area (Å²) in [4.78, 5) is 12.7. The van der Waals surface area contributed by atoms with E-state index in [9.17, 15) is 13.2 Å². The van der Waals surface area contributed by atoms with E-state index in [2.05, 4.69) is 10.6 Å². The monoisotopic (exact) mass is 400 g/mol. The SMILES string of the molecule is Cc1c(C(NC(=O)Nc2ccc(S(C)(=O)=O)cc2)C(C)C)oc2ccccc12. The molecule has 0 bridgehead atoms. The molecule has 0 saturated carbocycles. The van der Waals surface area contributed by atoms with Crippen molar-refractivity contribution in [2.45, 2.75) is 31.7 Å². The molecule has 3 rings (SSSR count). The van der Waals surface area contributed by atoms with Gasteiger partial charge in [0.05, 0.1) is 10.9 Å². The molecule has 0 aliphatic carbocycles. The van der Waals surface area contributed by atoms with Crippen LogP contribution in [0.1, 0.15) is 31.2 Å². The number of nitrogens with one attached hydrogen (secondary N) is 2. The molecule has 3 aromatic rings. The summed E-state index contributed by atoms with van der Waals surface area (Å²) in [6.45, 7) is 6.01. The Morgan fingerprint density at radius 2 is 1.68 bits per heavy atom. The number of rotatable bonds is 5. The Kier molecular flexibility index (Phi) is 5.47. The van der Waals surface area contributed by atoms with Crippen LogP contribution in [0.4, 0.5) is 10.5 Å². The molecule has 148 valence electrons. The number of amides is 2. The quantitative estimate of drug-likeness (QED) is 0.652. The first-order valence-electron chi connectivity index (χ1n) is 9.02. The molecule has 0 saturated heterocycles. The first kappa shape index (κ1) is 19.9. The number of fused-ring (bicyclic) bond motifs is 1. The summed E-state index contributed by atoms with van der Waals surface area (Å²) in [5.41, 5.74) is 2.31. The van der Waals surface area contributed by atoms with Crippen molar-refractivity contribution in [2.24, 2.45) is 5.92 Å². The van der Waals surface area contributed by atoms with E-state index in [0.29, 0.717) is 5.69 Å². The van der Waals surface area contributed by atoms with Crippen LogP contribution in [0, 0.1) is 12.8 Å². The first-order chi connectivity index (χ1) is 13.2. The number of benzene rings is 2. The highest BCUT2D eigenvalue weighted by Crippen LogP contribution is 2.32. The van der Waals surface area contributed by atoms with Crippen molar-refractivity contribution in [2.75, 3.05) is 11.6 Å². The molecule has 0 aliphatic rings. The van der Waals surface area contributed by atoms with Crippen LogP contribution in [0.3, 0.4) is 0 Å². The van der Waals surface area contributed by atoms with Crippen LogP contribution >= 0.6 is 0 Å². The van der Waals surface area contributed by atoms with Gasteiger partial charge in [-0.25, -0.2) is 13.2 Å². The minimum Gasteiger partial charge on any atom is -0.459 e. The summed E-state index contributed by atoms with van der Waals surface area (Å²) in [6, 6.07) is 13.2. The number of hydrogen-bond donors (Lipinski definition) is 2. The second kappa shape index (κ2) is 7.67. The molecule has 2 N–H and O–H groups in total. The smallest absolute Gasteiger partial charge is 0.319 e. The third-order valence-corrected chi connectivity index (χ3v) is 5.79. The van der Waals surface area contributed by atoms with E-state index < -0.39 is 9.84 Å². The highest BCUT2D eigenvalue weighted by Gasteiger charge is 2.25. The molecule has 7 heteroatoms. The average Bonchev–Trinajstić information content (AvgIpc) is 2.96. The number of para-hydroxylation sites is 1. The second-order valence-corrected chi connectivity index (χ2v) is 9.22. The molecular weight excluding hydrogens is 376 g/mol. The Hall–Kier alpha value is -2.80. The average molecular weight is 401 g/mol. The van der Waals surface area contributed by atoms with E-state index in [1.807, 2.05) is 45.0 Å². The van der Waals surface area contributed by atoms with Gasteiger partial charge in [0.2, 0.25) is 0 Å². The molecular formula is C21H24N2O4S. The van der Waals surface area contributed by atoms with Gasteiger partial charge in [-0.15, -0.1) is 0 Å². The highest BCUT2D eigenvalue weighted by atomic mass is 32.2.